The number of nitrogens with two attached hydrogens (primary N) is 1. The predicted molar refractivity (Wildman–Crippen MR) is 82.9 cm³/mol. The van der Waals surface area contributed by atoms with E-state index in [-0.39, 0.29) is 6.04 Å². The van der Waals surface area contributed by atoms with E-state index in [0.717, 1.165) is 29.4 Å². The second kappa shape index (κ2) is 5.70. The number of anilines is 1. The van der Waals surface area contributed by atoms with Crippen LogP contribution in [-0.4, -0.2) is 38.1 Å². The molecular formula is C15H24ClN3. The Hall–Kier alpha value is -0.770. The Kier molecular flexibility index (Phi) is 4.39. The van der Waals surface area contributed by atoms with Crippen LogP contribution < -0.4 is 10.6 Å². The topological polar surface area (TPSA) is 32.5 Å². The highest BCUT2D eigenvalue weighted by Crippen LogP contribution is 2.33. The SMILES string of the molecule is CC1CN(c2ccc([C@@H](C)N)cc2Cl)CC1N(C)C. The summed E-state index contributed by atoms with van der Waals surface area (Å²) < 4.78 is 0. The zero-order valence-electron chi connectivity index (χ0n) is 12.2. The summed E-state index contributed by atoms with van der Waals surface area (Å²) in [4.78, 5) is 4.68. The Morgan fingerprint density at radius 2 is 2.05 bits per heavy atom. The maximum atomic E-state index is 6.42. The first kappa shape index (κ1) is 14.6. The third-order valence-corrected chi connectivity index (χ3v) is 4.38. The van der Waals surface area contributed by atoms with E-state index in [9.17, 15) is 0 Å². The Balaban J connectivity index is 2.20. The largest absolute Gasteiger partial charge is 0.368 e. The highest BCUT2D eigenvalue weighted by atomic mass is 35.5. The van der Waals surface area contributed by atoms with Gasteiger partial charge in [-0.1, -0.05) is 24.6 Å². The minimum atomic E-state index is 0.0265. The molecule has 1 aromatic rings. The molecule has 2 rings (SSSR count). The third kappa shape index (κ3) is 3.04. The van der Waals surface area contributed by atoms with Gasteiger partial charge < -0.3 is 15.5 Å². The van der Waals surface area contributed by atoms with Crippen molar-refractivity contribution in [1.29, 1.82) is 0 Å². The first-order valence-electron chi connectivity index (χ1n) is 6.86. The third-order valence-electron chi connectivity index (χ3n) is 4.07. The van der Waals surface area contributed by atoms with Crippen LogP contribution in [-0.2, 0) is 0 Å². The summed E-state index contributed by atoms with van der Waals surface area (Å²) in [6.45, 7) is 6.37. The molecule has 2 N–H and O–H groups in total. The zero-order chi connectivity index (χ0) is 14.2. The molecule has 1 aromatic carbocycles. The van der Waals surface area contributed by atoms with Crippen molar-refractivity contribution in [2.45, 2.75) is 25.9 Å². The van der Waals surface area contributed by atoms with Crippen LogP contribution in [0, 0.1) is 5.92 Å². The number of hydrogen-bond acceptors (Lipinski definition) is 3. The zero-order valence-corrected chi connectivity index (χ0v) is 13.0. The summed E-state index contributed by atoms with van der Waals surface area (Å²) in [6, 6.07) is 6.79. The highest BCUT2D eigenvalue weighted by Gasteiger charge is 2.31. The summed E-state index contributed by atoms with van der Waals surface area (Å²) in [5, 5.41) is 0.807. The minimum Gasteiger partial charge on any atom is -0.368 e. The Bertz CT molecular complexity index is 445. The average molecular weight is 282 g/mol. The number of nitrogens with zero attached hydrogens (tertiary/aromatic N) is 2. The molecule has 0 spiro atoms. The van der Waals surface area contributed by atoms with Gasteiger partial charge in [-0.3, -0.25) is 0 Å². The summed E-state index contributed by atoms with van der Waals surface area (Å²) in [5.41, 5.74) is 8.11. The summed E-state index contributed by atoms with van der Waals surface area (Å²) in [6.07, 6.45) is 0. The van der Waals surface area contributed by atoms with Gasteiger partial charge in [-0.15, -0.1) is 0 Å². The molecule has 0 bridgehead atoms. The first-order valence-corrected chi connectivity index (χ1v) is 7.24. The quantitative estimate of drug-likeness (QED) is 0.925. The molecule has 0 aliphatic carbocycles. The predicted octanol–water partition coefficient (Wildman–Crippen LogP) is 2.75. The fourth-order valence-electron chi connectivity index (χ4n) is 2.88. The lowest BCUT2D eigenvalue weighted by molar-refractivity contribution is 0.266. The van der Waals surface area contributed by atoms with Crippen molar-refractivity contribution in [2.75, 3.05) is 32.1 Å². The molecule has 2 unspecified atom stereocenters. The fourth-order valence-corrected chi connectivity index (χ4v) is 3.19. The van der Waals surface area contributed by atoms with Crippen molar-refractivity contribution in [3.05, 3.63) is 28.8 Å². The molecule has 0 aromatic heterocycles. The van der Waals surface area contributed by atoms with E-state index in [0.29, 0.717) is 12.0 Å². The number of rotatable bonds is 3. The van der Waals surface area contributed by atoms with Gasteiger partial charge in [-0.2, -0.15) is 0 Å². The van der Waals surface area contributed by atoms with Crippen LogP contribution in [0.4, 0.5) is 5.69 Å². The first-order chi connectivity index (χ1) is 8.90. The molecule has 3 nitrogen and oxygen atoms in total. The smallest absolute Gasteiger partial charge is 0.0642 e. The van der Waals surface area contributed by atoms with Crippen LogP contribution in [0.15, 0.2) is 18.2 Å². The van der Waals surface area contributed by atoms with Gasteiger partial charge in [0.25, 0.3) is 0 Å². The molecular weight excluding hydrogens is 258 g/mol. The number of benzene rings is 1. The van der Waals surface area contributed by atoms with Crippen molar-refractivity contribution in [3.8, 4) is 0 Å². The van der Waals surface area contributed by atoms with Gasteiger partial charge >= 0.3 is 0 Å². The molecule has 3 atom stereocenters. The fraction of sp³-hybridized carbons (Fsp3) is 0.600. The normalized spacial score (nSPS) is 25.1. The van der Waals surface area contributed by atoms with Gasteiger partial charge in [0, 0.05) is 25.2 Å². The number of halogens is 1. The van der Waals surface area contributed by atoms with Crippen molar-refractivity contribution in [1.82, 2.24) is 4.90 Å². The number of hydrogen-bond donors (Lipinski definition) is 1. The van der Waals surface area contributed by atoms with Crippen molar-refractivity contribution < 1.29 is 0 Å². The average Bonchev–Trinajstić information content (AvgIpc) is 2.71. The lowest BCUT2D eigenvalue weighted by atomic mass is 10.1. The van der Waals surface area contributed by atoms with E-state index in [1.807, 2.05) is 13.0 Å². The molecule has 1 fully saturated rings. The van der Waals surface area contributed by atoms with E-state index in [1.165, 1.54) is 0 Å². The molecule has 0 radical (unpaired) electrons. The second-order valence-corrected chi connectivity index (χ2v) is 6.32. The van der Waals surface area contributed by atoms with E-state index in [1.54, 1.807) is 0 Å². The second-order valence-electron chi connectivity index (χ2n) is 5.91. The van der Waals surface area contributed by atoms with E-state index in [4.69, 9.17) is 17.3 Å². The standard InChI is InChI=1S/C15H24ClN3/c1-10-8-19(9-15(10)18(3)4)14-6-5-12(11(2)17)7-13(14)16/h5-7,10-11,15H,8-9,17H2,1-4H3/t10?,11-,15?/m1/s1. The highest BCUT2D eigenvalue weighted by molar-refractivity contribution is 6.33. The molecule has 0 amide bonds. The Morgan fingerprint density at radius 1 is 1.37 bits per heavy atom. The maximum Gasteiger partial charge on any atom is 0.0642 e. The van der Waals surface area contributed by atoms with Crippen LogP contribution in [0.5, 0.6) is 0 Å². The van der Waals surface area contributed by atoms with Gasteiger partial charge in [0.05, 0.1) is 10.7 Å². The molecule has 4 heteroatoms. The summed E-state index contributed by atoms with van der Waals surface area (Å²) >= 11 is 6.42. The van der Waals surface area contributed by atoms with Crippen molar-refractivity contribution >= 4 is 17.3 Å². The van der Waals surface area contributed by atoms with E-state index in [2.05, 4.69) is 43.0 Å². The van der Waals surface area contributed by atoms with Crippen molar-refractivity contribution in [3.63, 3.8) is 0 Å². The van der Waals surface area contributed by atoms with Crippen LogP contribution in [0.25, 0.3) is 0 Å². The van der Waals surface area contributed by atoms with Gasteiger partial charge in [0.2, 0.25) is 0 Å². The van der Waals surface area contributed by atoms with Crippen LogP contribution in [0.1, 0.15) is 25.5 Å². The Morgan fingerprint density at radius 3 is 2.53 bits per heavy atom. The number of likely N-dealkylation sites (N-methyl/N-ethyl adjacent to an activating group) is 1. The minimum absolute atomic E-state index is 0.0265. The lowest BCUT2D eigenvalue weighted by Crippen LogP contribution is -2.34. The summed E-state index contributed by atoms with van der Waals surface area (Å²) in [7, 11) is 4.29. The maximum absolute atomic E-state index is 6.42. The molecule has 1 heterocycles. The molecule has 1 aliphatic rings. The van der Waals surface area contributed by atoms with Gasteiger partial charge in [-0.05, 0) is 44.6 Å². The van der Waals surface area contributed by atoms with E-state index >= 15 is 0 Å². The molecule has 106 valence electrons. The molecule has 1 saturated heterocycles. The Labute approximate surface area is 121 Å². The molecule has 0 saturated carbocycles. The van der Waals surface area contributed by atoms with Crippen molar-refractivity contribution in [2.24, 2.45) is 11.7 Å². The van der Waals surface area contributed by atoms with E-state index < -0.39 is 0 Å². The van der Waals surface area contributed by atoms with Crippen LogP contribution >= 0.6 is 11.6 Å². The van der Waals surface area contributed by atoms with Gasteiger partial charge in [0.15, 0.2) is 0 Å². The van der Waals surface area contributed by atoms with Gasteiger partial charge in [0.1, 0.15) is 0 Å². The van der Waals surface area contributed by atoms with Crippen LogP contribution in [0.2, 0.25) is 5.02 Å². The monoisotopic (exact) mass is 281 g/mol. The van der Waals surface area contributed by atoms with Gasteiger partial charge in [-0.25, -0.2) is 0 Å². The lowest BCUT2D eigenvalue weighted by Gasteiger charge is -2.23. The van der Waals surface area contributed by atoms with Crippen LogP contribution in [0.3, 0.4) is 0 Å². The summed E-state index contributed by atoms with van der Waals surface area (Å²) in [5.74, 6) is 0.652. The molecule has 1 aliphatic heterocycles. The molecule has 19 heavy (non-hydrogen) atoms.